The molecule has 1 aromatic rings. The van der Waals surface area contributed by atoms with Gasteiger partial charge in [-0.2, -0.15) is 0 Å². The van der Waals surface area contributed by atoms with Crippen LogP contribution in [0, 0.1) is 0 Å². The minimum absolute atomic E-state index is 0.188. The summed E-state index contributed by atoms with van der Waals surface area (Å²) in [5.74, 6) is 0.514. The highest BCUT2D eigenvalue weighted by Gasteiger charge is 2.23. The van der Waals surface area contributed by atoms with Gasteiger partial charge >= 0.3 is 0 Å². The second kappa shape index (κ2) is 5.12. The van der Waals surface area contributed by atoms with Crippen molar-refractivity contribution in [2.75, 3.05) is 16.8 Å². The predicted molar refractivity (Wildman–Crippen MR) is 72.2 cm³/mol. The van der Waals surface area contributed by atoms with Gasteiger partial charge < -0.3 is 5.32 Å². The molecule has 0 radical (unpaired) electrons. The molecule has 7 heteroatoms. The van der Waals surface area contributed by atoms with E-state index in [4.69, 9.17) is 11.6 Å². The molecule has 17 heavy (non-hydrogen) atoms. The van der Waals surface area contributed by atoms with Gasteiger partial charge in [0.25, 0.3) is 0 Å². The van der Waals surface area contributed by atoms with Gasteiger partial charge in [0, 0.05) is 6.04 Å². The Kier molecular flexibility index (Phi) is 3.95. The Bertz CT molecular complexity index is 507. The third kappa shape index (κ3) is 3.56. The molecule has 94 valence electrons. The molecule has 1 saturated heterocycles. The van der Waals surface area contributed by atoms with Crippen LogP contribution >= 0.6 is 27.5 Å². The minimum Gasteiger partial charge on any atom is -0.381 e. The zero-order valence-electron chi connectivity index (χ0n) is 8.99. The normalized spacial score (nSPS) is 20.1. The molecular weight excluding hydrogens is 328 g/mol. The van der Waals surface area contributed by atoms with Crippen LogP contribution in [0.5, 0.6) is 0 Å². The van der Waals surface area contributed by atoms with Crippen molar-refractivity contribution in [3.63, 3.8) is 0 Å². The van der Waals surface area contributed by atoms with Crippen LogP contribution in [0.3, 0.4) is 0 Å². The van der Waals surface area contributed by atoms with Gasteiger partial charge in [-0.1, -0.05) is 11.6 Å². The van der Waals surface area contributed by atoms with Gasteiger partial charge in [0.05, 0.1) is 27.9 Å². The van der Waals surface area contributed by atoms with E-state index in [1.807, 2.05) is 6.07 Å². The molecule has 1 aliphatic heterocycles. The third-order valence-corrected chi connectivity index (χ3v) is 5.57. The van der Waals surface area contributed by atoms with Crippen molar-refractivity contribution in [3.8, 4) is 0 Å². The minimum atomic E-state index is -2.81. The number of hydrogen-bond donors (Lipinski definition) is 1. The maximum Gasteiger partial charge on any atom is 0.150 e. The van der Waals surface area contributed by atoms with Gasteiger partial charge in [0.2, 0.25) is 0 Å². The molecular formula is C10H12BrClN2O2S. The molecule has 0 aliphatic carbocycles. The SMILES string of the molecule is O=S1(=O)CCC(Nc2cnc(Cl)c(Br)c2)CC1. The fourth-order valence-electron chi connectivity index (χ4n) is 1.77. The summed E-state index contributed by atoms with van der Waals surface area (Å²) in [7, 11) is -2.81. The summed E-state index contributed by atoms with van der Waals surface area (Å²) in [6, 6.07) is 2.03. The second-order valence-electron chi connectivity index (χ2n) is 4.07. The number of nitrogens with zero attached hydrogens (tertiary/aromatic N) is 1. The highest BCUT2D eigenvalue weighted by atomic mass is 79.9. The lowest BCUT2D eigenvalue weighted by molar-refractivity contribution is 0.559. The Morgan fingerprint density at radius 3 is 2.65 bits per heavy atom. The summed E-state index contributed by atoms with van der Waals surface area (Å²) >= 11 is 9.09. The van der Waals surface area contributed by atoms with E-state index in [1.54, 1.807) is 6.20 Å². The van der Waals surface area contributed by atoms with Crippen LogP contribution in [-0.4, -0.2) is 30.9 Å². The summed E-state index contributed by atoms with van der Waals surface area (Å²) in [5, 5.41) is 3.69. The Morgan fingerprint density at radius 1 is 1.41 bits per heavy atom. The first-order valence-electron chi connectivity index (χ1n) is 5.24. The first kappa shape index (κ1) is 13.1. The number of sulfone groups is 1. The summed E-state index contributed by atoms with van der Waals surface area (Å²) in [4.78, 5) is 4.01. The zero-order valence-corrected chi connectivity index (χ0v) is 12.1. The number of halogens is 2. The topological polar surface area (TPSA) is 59.1 Å². The van der Waals surface area contributed by atoms with Gasteiger partial charge in [-0.3, -0.25) is 0 Å². The number of hydrogen-bond acceptors (Lipinski definition) is 4. The zero-order chi connectivity index (χ0) is 12.5. The molecule has 0 amide bonds. The van der Waals surface area contributed by atoms with Crippen molar-refractivity contribution in [1.29, 1.82) is 0 Å². The summed E-state index contributed by atoms with van der Waals surface area (Å²) < 4.78 is 23.3. The van der Waals surface area contributed by atoms with Gasteiger partial charge in [-0.25, -0.2) is 13.4 Å². The molecule has 0 atom stereocenters. The molecule has 0 bridgehead atoms. The van der Waals surface area contributed by atoms with E-state index < -0.39 is 9.84 Å². The highest BCUT2D eigenvalue weighted by Crippen LogP contribution is 2.24. The third-order valence-electron chi connectivity index (χ3n) is 2.72. The van der Waals surface area contributed by atoms with Gasteiger partial charge in [0.15, 0.2) is 0 Å². The van der Waals surface area contributed by atoms with E-state index in [1.165, 1.54) is 0 Å². The molecule has 4 nitrogen and oxygen atoms in total. The molecule has 0 unspecified atom stereocenters. The van der Waals surface area contributed by atoms with Crippen molar-refractivity contribution in [1.82, 2.24) is 4.98 Å². The van der Waals surface area contributed by atoms with Crippen LogP contribution in [0.4, 0.5) is 5.69 Å². The van der Waals surface area contributed by atoms with Gasteiger partial charge in [-0.15, -0.1) is 0 Å². The van der Waals surface area contributed by atoms with Crippen LogP contribution in [0.1, 0.15) is 12.8 Å². The van der Waals surface area contributed by atoms with Crippen LogP contribution < -0.4 is 5.32 Å². The van der Waals surface area contributed by atoms with Crippen LogP contribution in [0.15, 0.2) is 16.7 Å². The quantitative estimate of drug-likeness (QED) is 0.841. The lowest BCUT2D eigenvalue weighted by Gasteiger charge is -2.23. The summed E-state index contributed by atoms with van der Waals surface area (Å²) in [5.41, 5.74) is 0.852. The Morgan fingerprint density at radius 2 is 2.06 bits per heavy atom. The first-order valence-corrected chi connectivity index (χ1v) is 8.23. The number of anilines is 1. The monoisotopic (exact) mass is 338 g/mol. The Balaban J connectivity index is 2.00. The molecule has 2 rings (SSSR count). The van der Waals surface area contributed by atoms with Crippen molar-refractivity contribution < 1.29 is 8.42 Å². The molecule has 0 spiro atoms. The predicted octanol–water partition coefficient (Wildman–Crippen LogP) is 2.49. The smallest absolute Gasteiger partial charge is 0.150 e. The van der Waals surface area contributed by atoms with E-state index in [2.05, 4.69) is 26.2 Å². The van der Waals surface area contributed by atoms with Crippen molar-refractivity contribution in [3.05, 3.63) is 21.9 Å². The van der Waals surface area contributed by atoms with Gasteiger partial charge in [0.1, 0.15) is 15.0 Å². The number of rotatable bonds is 2. The van der Waals surface area contributed by atoms with Crippen molar-refractivity contribution in [2.24, 2.45) is 0 Å². The summed E-state index contributed by atoms with van der Waals surface area (Å²) in [6.45, 7) is 0. The maximum atomic E-state index is 11.3. The largest absolute Gasteiger partial charge is 0.381 e. The molecule has 2 heterocycles. The molecule has 1 N–H and O–H groups in total. The molecule has 1 aliphatic rings. The average Bonchev–Trinajstić information content (AvgIpc) is 2.27. The number of nitrogens with one attached hydrogen (secondary N) is 1. The van der Waals surface area contributed by atoms with E-state index in [-0.39, 0.29) is 17.5 Å². The lowest BCUT2D eigenvalue weighted by Crippen LogP contribution is -2.32. The van der Waals surface area contributed by atoms with Crippen molar-refractivity contribution >= 4 is 43.1 Å². The van der Waals surface area contributed by atoms with E-state index >= 15 is 0 Å². The molecule has 0 saturated carbocycles. The van der Waals surface area contributed by atoms with E-state index in [9.17, 15) is 8.42 Å². The first-order chi connectivity index (χ1) is 7.96. The summed E-state index contributed by atoms with van der Waals surface area (Å²) in [6.07, 6.45) is 2.93. The fraction of sp³-hybridized carbons (Fsp3) is 0.500. The van der Waals surface area contributed by atoms with E-state index in [0.717, 1.165) is 10.2 Å². The molecule has 0 aromatic carbocycles. The van der Waals surface area contributed by atoms with Crippen molar-refractivity contribution in [2.45, 2.75) is 18.9 Å². The van der Waals surface area contributed by atoms with E-state index in [0.29, 0.717) is 18.0 Å². The average molecular weight is 340 g/mol. The van der Waals surface area contributed by atoms with Gasteiger partial charge in [-0.05, 0) is 34.8 Å². The number of aromatic nitrogens is 1. The highest BCUT2D eigenvalue weighted by molar-refractivity contribution is 9.10. The molecule has 1 aromatic heterocycles. The van der Waals surface area contributed by atoms with Crippen LogP contribution in [0.2, 0.25) is 5.15 Å². The Hall–Kier alpha value is -0.330. The standard InChI is InChI=1S/C10H12BrClN2O2S/c11-9-5-8(6-13-10(9)12)14-7-1-3-17(15,16)4-2-7/h5-7,14H,1-4H2. The molecule has 1 fully saturated rings. The van der Waals surface area contributed by atoms with Crippen LogP contribution in [0.25, 0.3) is 0 Å². The number of pyridine rings is 1. The second-order valence-corrected chi connectivity index (χ2v) is 7.58. The van der Waals surface area contributed by atoms with Crippen LogP contribution in [-0.2, 0) is 9.84 Å². The fourth-order valence-corrected chi connectivity index (χ4v) is 3.71. The lowest BCUT2D eigenvalue weighted by atomic mass is 10.1. The Labute approximate surface area is 114 Å². The maximum absolute atomic E-state index is 11.3.